The van der Waals surface area contributed by atoms with Gasteiger partial charge < -0.3 is 30.3 Å². The number of aromatic nitrogens is 4. The minimum atomic E-state index is -4.92. The summed E-state index contributed by atoms with van der Waals surface area (Å²) >= 11 is 0. The molecule has 39 heavy (non-hydrogen) atoms. The van der Waals surface area contributed by atoms with Gasteiger partial charge in [-0.15, -0.1) is 0 Å². The maximum atomic E-state index is 12.3. The van der Waals surface area contributed by atoms with Crippen LogP contribution in [0.3, 0.4) is 0 Å². The minimum absolute atomic E-state index is 0.101. The number of fused-ring (bicyclic) bond motifs is 1. The van der Waals surface area contributed by atoms with E-state index < -0.39 is 55.4 Å². The first-order chi connectivity index (χ1) is 19.1. The van der Waals surface area contributed by atoms with Crippen LogP contribution in [0.15, 0.2) is 12.7 Å². The summed E-state index contributed by atoms with van der Waals surface area (Å²) in [5.74, 6) is -2.62. The third-order valence-electron chi connectivity index (χ3n) is 5.94. The Morgan fingerprint density at radius 3 is 2.72 bits per heavy atom. The quantitative estimate of drug-likeness (QED) is 0.229. The highest BCUT2D eigenvalue weighted by Crippen LogP contribution is 2.36. The molecule has 2 amide bonds. The van der Waals surface area contributed by atoms with Gasteiger partial charge in [-0.25, -0.2) is 15.0 Å². The summed E-state index contributed by atoms with van der Waals surface area (Å²) in [6.07, 6.45) is -5.76. The fourth-order valence-corrected chi connectivity index (χ4v) is 4.04. The van der Waals surface area contributed by atoms with Crippen molar-refractivity contribution >= 4 is 34.6 Å². The van der Waals surface area contributed by atoms with Crippen molar-refractivity contribution in [3.8, 4) is 0 Å². The van der Waals surface area contributed by atoms with E-state index in [-0.39, 0.29) is 48.9 Å². The van der Waals surface area contributed by atoms with Gasteiger partial charge in [0.2, 0.25) is 19.0 Å². The van der Waals surface area contributed by atoms with Crippen LogP contribution in [0.25, 0.3) is 11.2 Å². The lowest BCUT2D eigenvalue weighted by Gasteiger charge is -2.22. The molecule has 0 aromatic carbocycles. The molecule has 1 aliphatic heterocycles. The summed E-state index contributed by atoms with van der Waals surface area (Å²) in [6, 6.07) is 0. The Bertz CT molecular complexity index is 1170. The number of halogens is 3. The van der Waals surface area contributed by atoms with Crippen LogP contribution in [0.4, 0.5) is 19.0 Å². The number of anilines is 1. The number of hydrogen-bond acceptors (Lipinski definition) is 10. The summed E-state index contributed by atoms with van der Waals surface area (Å²) in [5, 5.41) is 20.3. The number of Topliss-reactive ketones (excluding diaryl/α,β-unsaturated/α-hetero) is 1. The Kier molecular flexibility index (Phi) is 10.1. The summed E-state index contributed by atoms with van der Waals surface area (Å²) in [7, 11) is 0. The van der Waals surface area contributed by atoms with Gasteiger partial charge in [0.25, 0.3) is 0 Å². The monoisotopic (exact) mass is 562 g/mol. The second-order valence-electron chi connectivity index (χ2n) is 8.90. The zero-order valence-corrected chi connectivity index (χ0v) is 21.1. The van der Waals surface area contributed by atoms with Crippen molar-refractivity contribution in [1.29, 1.82) is 1.43 Å². The zero-order chi connectivity index (χ0) is 29.3. The van der Waals surface area contributed by atoms with E-state index in [0.29, 0.717) is 19.3 Å². The summed E-state index contributed by atoms with van der Waals surface area (Å²) in [5.41, 5.74) is 0.530. The van der Waals surface area contributed by atoms with Crippen molar-refractivity contribution < 1.29 is 47.2 Å². The third kappa shape index (κ3) is 7.90. The lowest BCUT2D eigenvalue weighted by Crippen LogP contribution is -2.38. The Labute approximate surface area is 222 Å². The van der Waals surface area contributed by atoms with Gasteiger partial charge in [0.05, 0.1) is 12.4 Å². The highest BCUT2D eigenvalue weighted by Gasteiger charge is 2.46. The molecule has 4 atom stereocenters. The maximum absolute atomic E-state index is 12.3. The van der Waals surface area contributed by atoms with Crippen molar-refractivity contribution in [2.45, 2.75) is 76.2 Å². The average molecular weight is 563 g/mol. The summed E-state index contributed by atoms with van der Waals surface area (Å²) in [6.45, 7) is 1.22. The van der Waals surface area contributed by atoms with Crippen LogP contribution in [0, 0.1) is 0 Å². The molecule has 2 aromatic rings. The highest BCUT2D eigenvalue weighted by atomic mass is 19.4. The Hall–Kier alpha value is -3.21. The number of ether oxygens (including phenoxy) is 2. The Morgan fingerprint density at radius 2 is 2.00 bits per heavy atom. The number of ketones is 1. The molecule has 13 nitrogen and oxygen atoms in total. The van der Waals surface area contributed by atoms with Crippen LogP contribution in [0.2, 0.25) is 0 Å². The Balaban J connectivity index is 1.71. The number of carbonyl (C=O) groups excluding carboxylic acids is 3. The normalized spacial score (nSPS) is 21.6. The number of alkyl halides is 3. The van der Waals surface area contributed by atoms with Crippen LogP contribution in [0.5, 0.6) is 0 Å². The van der Waals surface area contributed by atoms with Gasteiger partial charge in [0, 0.05) is 26.0 Å². The van der Waals surface area contributed by atoms with Crippen LogP contribution in [-0.4, -0.2) is 93.0 Å². The first-order valence-electron chi connectivity index (χ1n) is 12.8. The zero-order valence-electron chi connectivity index (χ0n) is 22.1. The number of hydrogen-bond donors (Lipinski definition) is 4. The van der Waals surface area contributed by atoms with E-state index in [4.69, 9.17) is 10.9 Å². The second-order valence-corrected chi connectivity index (χ2v) is 8.90. The lowest BCUT2D eigenvalue weighted by atomic mass is 10.1. The molecule has 4 N–H and O–H groups in total. The molecule has 3 rings (SSSR count). The molecule has 2 aromatic heterocycles. The van der Waals surface area contributed by atoms with Gasteiger partial charge in [0.1, 0.15) is 25.1 Å². The number of nitrogens with one attached hydrogen (secondary N) is 2. The number of amides is 2. The van der Waals surface area contributed by atoms with E-state index >= 15 is 0 Å². The van der Waals surface area contributed by atoms with Crippen molar-refractivity contribution in [3.05, 3.63) is 12.7 Å². The van der Waals surface area contributed by atoms with Gasteiger partial charge in [-0.1, -0.05) is 6.92 Å². The largest absolute Gasteiger partial charge is 0.449 e. The fraction of sp³-hybridized carbons (Fsp3) is 0.652. The van der Waals surface area contributed by atoms with Crippen LogP contribution in [-0.2, 0) is 23.9 Å². The molecular formula is C23H31F3N6O7. The van der Waals surface area contributed by atoms with E-state index in [1.807, 2.05) is 6.92 Å². The molecular weight excluding hydrogens is 529 g/mol. The van der Waals surface area contributed by atoms with Crippen molar-refractivity contribution in [3.63, 3.8) is 0 Å². The molecule has 1 aliphatic rings. The van der Waals surface area contributed by atoms with Gasteiger partial charge >= 0.3 is 6.18 Å². The molecule has 16 heteroatoms. The summed E-state index contributed by atoms with van der Waals surface area (Å²) < 4.78 is 57.0. The Morgan fingerprint density at radius 1 is 1.21 bits per heavy atom. The van der Waals surface area contributed by atoms with Gasteiger partial charge in [-0.2, -0.15) is 13.2 Å². The van der Waals surface area contributed by atoms with Gasteiger partial charge in [-0.3, -0.25) is 19.0 Å². The number of imidazole rings is 1. The smallest absolute Gasteiger partial charge is 0.396 e. The van der Waals surface area contributed by atoms with E-state index in [0.717, 1.165) is 0 Å². The second kappa shape index (κ2) is 13.7. The van der Waals surface area contributed by atoms with Crippen molar-refractivity contribution in [1.82, 2.24) is 24.8 Å². The van der Waals surface area contributed by atoms with Crippen LogP contribution < -0.4 is 10.6 Å². The topological polar surface area (TPSA) is 178 Å². The molecule has 3 heterocycles. The molecule has 1 saturated heterocycles. The fourth-order valence-electron chi connectivity index (χ4n) is 4.04. The van der Waals surface area contributed by atoms with Crippen LogP contribution >= 0.6 is 0 Å². The minimum Gasteiger partial charge on any atom is -0.396 e. The molecule has 0 aliphatic carbocycles. The number of carbonyl (C=O) groups is 3. The average Bonchev–Trinajstić information content (AvgIpc) is 3.46. The first-order valence-corrected chi connectivity index (χ1v) is 12.4. The maximum Gasteiger partial charge on any atom is 0.449 e. The number of aliphatic hydroxyl groups excluding tert-OH is 2. The van der Waals surface area contributed by atoms with E-state index in [1.54, 1.807) is 0 Å². The van der Waals surface area contributed by atoms with Crippen molar-refractivity contribution in [2.24, 2.45) is 0 Å². The van der Waals surface area contributed by atoms with E-state index in [9.17, 15) is 32.7 Å². The van der Waals surface area contributed by atoms with E-state index in [2.05, 4.69) is 30.7 Å². The molecule has 0 saturated carbocycles. The predicted octanol–water partition coefficient (Wildman–Crippen LogP) is 1.01. The molecule has 0 radical (unpaired) electrons. The number of rotatable bonds is 15. The molecule has 0 spiro atoms. The first kappa shape index (κ1) is 28.8. The predicted molar refractivity (Wildman–Crippen MR) is 128 cm³/mol. The van der Waals surface area contributed by atoms with Crippen molar-refractivity contribution in [2.75, 3.05) is 25.1 Å². The molecule has 216 valence electrons. The van der Waals surface area contributed by atoms with Crippen LogP contribution in [0.1, 0.15) is 51.7 Å². The SMILES string of the molecule is [3H]OCCC[C@H]1O[C@@H](n2cnc3c(NC(=O)CCC)ncnc32)[C@@H](OCC(=O)NCCCC(=O)C(F)(F)F)C1O. The van der Waals surface area contributed by atoms with Gasteiger partial charge in [-0.05, 0) is 25.7 Å². The number of aliphatic hydroxyl groups is 2. The standard InChI is InChI=1S/C23H31F3N6O7/c1-2-5-15(35)31-20-17-21(29-11-28-20)32(12-30-17)22-19(18(37)13(39-22)6-4-9-33)38-10-16(36)27-8-3-7-14(34)23(24,25)26/h11-13,18-19,22,33,37H,2-10H2,1H3,(H,27,36)(H,28,29,31,35)/t13-,18?,19+,22-/m1/s1/i33T. The summed E-state index contributed by atoms with van der Waals surface area (Å²) in [4.78, 5) is 47.9. The molecule has 1 unspecified atom stereocenters. The lowest BCUT2D eigenvalue weighted by molar-refractivity contribution is -0.171. The molecule has 0 bridgehead atoms. The molecule has 1 fully saturated rings. The third-order valence-corrected chi connectivity index (χ3v) is 5.94. The highest BCUT2D eigenvalue weighted by molar-refractivity contribution is 5.96. The van der Waals surface area contributed by atoms with E-state index in [1.165, 1.54) is 17.2 Å². The van der Waals surface area contributed by atoms with Gasteiger partial charge in [0.15, 0.2) is 23.2 Å². The number of nitrogens with zero attached hydrogens (tertiary/aromatic N) is 4.